The summed E-state index contributed by atoms with van der Waals surface area (Å²) in [7, 11) is 1.61. The normalized spacial score (nSPS) is 10.3. The summed E-state index contributed by atoms with van der Waals surface area (Å²) in [5, 5.41) is 12.9. The second-order valence-corrected chi connectivity index (χ2v) is 3.87. The van der Waals surface area contributed by atoms with Gasteiger partial charge >= 0.3 is 0 Å². The monoisotopic (exact) mass is 246 g/mol. The summed E-state index contributed by atoms with van der Waals surface area (Å²) in [6, 6.07) is 8.82. The lowest BCUT2D eigenvalue weighted by molar-refractivity contribution is 0.280. The molecule has 0 spiro atoms. The predicted octanol–water partition coefficient (Wildman–Crippen LogP) is 0.792. The lowest BCUT2D eigenvalue weighted by Gasteiger charge is -2.06. The molecule has 18 heavy (non-hydrogen) atoms. The van der Waals surface area contributed by atoms with Gasteiger partial charge < -0.3 is 9.84 Å². The van der Waals surface area contributed by atoms with Crippen LogP contribution in [0.1, 0.15) is 11.1 Å². The molecule has 0 unspecified atom stereocenters. The van der Waals surface area contributed by atoms with Crippen molar-refractivity contribution in [2.75, 3.05) is 7.11 Å². The van der Waals surface area contributed by atoms with Gasteiger partial charge in [-0.1, -0.05) is 12.1 Å². The van der Waals surface area contributed by atoms with E-state index in [1.807, 2.05) is 24.3 Å². The third kappa shape index (κ3) is 2.75. The minimum absolute atomic E-state index is 0.175. The molecule has 0 aliphatic rings. The van der Waals surface area contributed by atoms with E-state index in [0.717, 1.165) is 11.3 Å². The molecule has 0 radical (unpaired) electrons. The zero-order valence-corrected chi connectivity index (χ0v) is 10.0. The van der Waals surface area contributed by atoms with Gasteiger partial charge in [-0.15, -0.1) is 0 Å². The van der Waals surface area contributed by atoms with E-state index in [9.17, 15) is 4.79 Å². The van der Waals surface area contributed by atoms with Gasteiger partial charge in [0.25, 0.3) is 5.56 Å². The van der Waals surface area contributed by atoms with E-state index in [0.29, 0.717) is 12.1 Å². The topological polar surface area (TPSA) is 64.3 Å². The van der Waals surface area contributed by atoms with Crippen LogP contribution in [-0.4, -0.2) is 22.0 Å². The summed E-state index contributed by atoms with van der Waals surface area (Å²) in [5.41, 5.74) is 1.26. The van der Waals surface area contributed by atoms with Gasteiger partial charge in [-0.05, 0) is 17.7 Å². The van der Waals surface area contributed by atoms with E-state index in [-0.39, 0.29) is 12.2 Å². The van der Waals surface area contributed by atoms with Crippen LogP contribution >= 0.6 is 0 Å². The highest BCUT2D eigenvalue weighted by Gasteiger charge is 2.01. The maximum Gasteiger partial charge on any atom is 0.267 e. The van der Waals surface area contributed by atoms with E-state index in [4.69, 9.17) is 9.84 Å². The third-order valence-corrected chi connectivity index (χ3v) is 2.60. The molecule has 1 heterocycles. The third-order valence-electron chi connectivity index (χ3n) is 2.60. The molecule has 0 aliphatic carbocycles. The lowest BCUT2D eigenvalue weighted by atomic mass is 10.2. The molecule has 0 aliphatic heterocycles. The Kier molecular flexibility index (Phi) is 3.74. The van der Waals surface area contributed by atoms with Gasteiger partial charge in [0, 0.05) is 11.6 Å². The van der Waals surface area contributed by atoms with Crippen LogP contribution in [0, 0.1) is 0 Å². The molecule has 2 rings (SSSR count). The number of aromatic nitrogens is 2. The number of methoxy groups -OCH3 is 1. The first kappa shape index (κ1) is 12.3. The van der Waals surface area contributed by atoms with Crippen molar-refractivity contribution in [2.45, 2.75) is 13.2 Å². The maximum atomic E-state index is 11.7. The van der Waals surface area contributed by atoms with Crippen molar-refractivity contribution in [2.24, 2.45) is 0 Å². The van der Waals surface area contributed by atoms with Gasteiger partial charge in [-0.2, -0.15) is 5.10 Å². The van der Waals surface area contributed by atoms with Crippen LogP contribution in [0.15, 0.2) is 41.3 Å². The molecule has 5 heteroatoms. The average molecular weight is 246 g/mol. The van der Waals surface area contributed by atoms with Gasteiger partial charge in [0.05, 0.1) is 26.5 Å². The van der Waals surface area contributed by atoms with Crippen LogP contribution in [0.3, 0.4) is 0 Å². The first-order valence-electron chi connectivity index (χ1n) is 5.53. The van der Waals surface area contributed by atoms with E-state index in [1.54, 1.807) is 7.11 Å². The smallest absolute Gasteiger partial charge is 0.267 e. The Bertz CT molecular complexity index is 576. The highest BCUT2D eigenvalue weighted by atomic mass is 16.5. The SMILES string of the molecule is COc1ccc(Cn2ncc(CO)cc2=O)cc1. The number of hydrogen-bond acceptors (Lipinski definition) is 4. The first-order valence-corrected chi connectivity index (χ1v) is 5.53. The fourth-order valence-corrected chi connectivity index (χ4v) is 1.58. The molecule has 0 saturated heterocycles. The van der Waals surface area contributed by atoms with Gasteiger partial charge in [-0.25, -0.2) is 4.68 Å². The molecule has 0 amide bonds. The highest BCUT2D eigenvalue weighted by molar-refractivity contribution is 5.27. The second-order valence-electron chi connectivity index (χ2n) is 3.87. The zero-order chi connectivity index (χ0) is 13.0. The standard InChI is InChI=1S/C13H14N2O3/c1-18-12-4-2-10(3-5-12)8-15-13(17)6-11(9-16)7-14-15/h2-7,16H,8-9H2,1H3. The van der Waals surface area contributed by atoms with Crippen LogP contribution in [0.5, 0.6) is 5.75 Å². The summed E-state index contributed by atoms with van der Waals surface area (Å²) in [6.07, 6.45) is 1.49. The summed E-state index contributed by atoms with van der Waals surface area (Å²) >= 11 is 0. The summed E-state index contributed by atoms with van der Waals surface area (Å²) in [6.45, 7) is 0.222. The van der Waals surface area contributed by atoms with E-state index in [2.05, 4.69) is 5.10 Å². The van der Waals surface area contributed by atoms with Crippen molar-refractivity contribution in [1.82, 2.24) is 9.78 Å². The highest BCUT2D eigenvalue weighted by Crippen LogP contribution is 2.11. The Balaban J connectivity index is 2.20. The Morgan fingerprint density at radius 1 is 1.28 bits per heavy atom. The molecule has 5 nitrogen and oxygen atoms in total. The van der Waals surface area contributed by atoms with Crippen molar-refractivity contribution in [3.63, 3.8) is 0 Å². The molecule has 0 bridgehead atoms. The predicted molar refractivity (Wildman–Crippen MR) is 66.5 cm³/mol. The fraction of sp³-hybridized carbons (Fsp3) is 0.231. The number of benzene rings is 1. The van der Waals surface area contributed by atoms with Crippen LogP contribution in [-0.2, 0) is 13.2 Å². The zero-order valence-electron chi connectivity index (χ0n) is 10.0. The Morgan fingerprint density at radius 3 is 2.56 bits per heavy atom. The first-order chi connectivity index (χ1) is 8.72. The molecule has 94 valence electrons. The lowest BCUT2D eigenvalue weighted by Crippen LogP contribution is -2.23. The largest absolute Gasteiger partial charge is 0.497 e. The van der Waals surface area contributed by atoms with Crippen molar-refractivity contribution in [1.29, 1.82) is 0 Å². The number of aliphatic hydroxyl groups is 1. The van der Waals surface area contributed by atoms with Crippen molar-refractivity contribution in [3.05, 3.63) is 58.0 Å². The average Bonchev–Trinajstić information content (AvgIpc) is 2.42. The van der Waals surface area contributed by atoms with Gasteiger partial charge in [0.15, 0.2) is 0 Å². The second kappa shape index (κ2) is 5.46. The Hall–Kier alpha value is -2.14. The fourth-order valence-electron chi connectivity index (χ4n) is 1.58. The molecule has 0 saturated carbocycles. The minimum atomic E-state index is -0.225. The minimum Gasteiger partial charge on any atom is -0.497 e. The summed E-state index contributed by atoms with van der Waals surface area (Å²) in [5.74, 6) is 0.773. The van der Waals surface area contributed by atoms with Gasteiger partial charge in [0.1, 0.15) is 5.75 Å². The van der Waals surface area contributed by atoms with E-state index >= 15 is 0 Å². The summed E-state index contributed by atoms with van der Waals surface area (Å²) < 4.78 is 6.41. The molecule has 1 aromatic carbocycles. The number of rotatable bonds is 4. The van der Waals surface area contributed by atoms with Crippen LogP contribution in [0.4, 0.5) is 0 Å². The van der Waals surface area contributed by atoms with Crippen LogP contribution < -0.4 is 10.3 Å². The van der Waals surface area contributed by atoms with Crippen LogP contribution in [0.25, 0.3) is 0 Å². The number of nitrogens with zero attached hydrogens (tertiary/aromatic N) is 2. The van der Waals surface area contributed by atoms with E-state index < -0.39 is 0 Å². The molecule has 2 aromatic rings. The molecular formula is C13H14N2O3. The molecule has 1 aromatic heterocycles. The molecule has 0 atom stereocenters. The van der Waals surface area contributed by atoms with E-state index in [1.165, 1.54) is 16.9 Å². The molecular weight excluding hydrogens is 232 g/mol. The van der Waals surface area contributed by atoms with Crippen LogP contribution in [0.2, 0.25) is 0 Å². The molecule has 0 fully saturated rings. The van der Waals surface area contributed by atoms with Crippen molar-refractivity contribution >= 4 is 0 Å². The quantitative estimate of drug-likeness (QED) is 0.866. The van der Waals surface area contributed by atoms with Crippen molar-refractivity contribution < 1.29 is 9.84 Å². The maximum absolute atomic E-state index is 11.7. The number of aliphatic hydroxyl groups excluding tert-OH is 1. The number of hydrogen-bond donors (Lipinski definition) is 1. The summed E-state index contributed by atoms with van der Waals surface area (Å²) in [4.78, 5) is 11.7. The van der Waals surface area contributed by atoms with Gasteiger partial charge in [0.2, 0.25) is 0 Å². The van der Waals surface area contributed by atoms with Gasteiger partial charge in [-0.3, -0.25) is 4.79 Å². The Morgan fingerprint density at radius 2 is 2.00 bits per heavy atom. The number of ether oxygens (including phenoxy) is 1. The van der Waals surface area contributed by atoms with Crippen molar-refractivity contribution in [3.8, 4) is 5.75 Å². The Labute approximate surface area is 104 Å². The molecule has 1 N–H and O–H groups in total.